The van der Waals surface area contributed by atoms with Crippen molar-refractivity contribution in [2.45, 2.75) is 19.8 Å². The summed E-state index contributed by atoms with van der Waals surface area (Å²) in [5.74, 6) is -0.740. The average molecular weight is 289 g/mol. The maximum absolute atomic E-state index is 11.5. The van der Waals surface area contributed by atoms with Crippen molar-refractivity contribution in [2.75, 3.05) is 19.8 Å². The van der Waals surface area contributed by atoms with Gasteiger partial charge in [-0.05, 0) is 12.5 Å². The van der Waals surface area contributed by atoms with Crippen LogP contribution < -0.4 is 4.74 Å². The number of carbonyl (C=O) groups is 1. The molecule has 1 N–H and O–H groups in total. The fraction of sp³-hybridized carbons (Fsp3) is 0.375. The predicted octanol–water partition coefficient (Wildman–Crippen LogP) is 3.13. The number of aromatic carboxylic acids is 1. The minimum Gasteiger partial charge on any atom is -0.489 e. The topological polar surface area (TPSA) is 68.7 Å². The fourth-order valence-corrected chi connectivity index (χ4v) is 2.01. The highest BCUT2D eigenvalue weighted by atomic mass is 16.5. The number of pyridine rings is 1. The first kappa shape index (κ1) is 15.3. The molecule has 0 atom stereocenters. The van der Waals surface area contributed by atoms with Crippen LogP contribution in [0.15, 0.2) is 30.5 Å². The summed E-state index contributed by atoms with van der Waals surface area (Å²) >= 11 is 0. The Morgan fingerprint density at radius 3 is 2.81 bits per heavy atom. The first-order valence-electron chi connectivity index (χ1n) is 7.05. The molecule has 1 heterocycles. The van der Waals surface area contributed by atoms with Gasteiger partial charge < -0.3 is 14.6 Å². The normalized spacial score (nSPS) is 10.7. The second-order valence-corrected chi connectivity index (χ2v) is 4.63. The van der Waals surface area contributed by atoms with E-state index in [1.807, 2.05) is 6.07 Å². The zero-order chi connectivity index (χ0) is 15.1. The van der Waals surface area contributed by atoms with E-state index in [1.165, 1.54) is 6.20 Å². The van der Waals surface area contributed by atoms with Crippen LogP contribution in [-0.2, 0) is 4.74 Å². The van der Waals surface area contributed by atoms with E-state index in [0.29, 0.717) is 30.7 Å². The summed E-state index contributed by atoms with van der Waals surface area (Å²) in [7, 11) is 0. The van der Waals surface area contributed by atoms with E-state index in [9.17, 15) is 9.90 Å². The van der Waals surface area contributed by atoms with E-state index in [-0.39, 0.29) is 11.3 Å². The van der Waals surface area contributed by atoms with Crippen molar-refractivity contribution in [3.63, 3.8) is 0 Å². The number of carboxylic acids is 1. The van der Waals surface area contributed by atoms with Gasteiger partial charge in [0, 0.05) is 12.0 Å². The lowest BCUT2D eigenvalue weighted by molar-refractivity contribution is 0.0687. The first-order valence-corrected chi connectivity index (χ1v) is 7.05. The van der Waals surface area contributed by atoms with Gasteiger partial charge in [0.1, 0.15) is 12.2 Å². The van der Waals surface area contributed by atoms with Crippen LogP contribution in [0, 0.1) is 0 Å². The minimum atomic E-state index is -1.02. The Bertz CT molecular complexity index is 612. The molecule has 5 heteroatoms. The molecule has 0 aliphatic heterocycles. The smallest absolute Gasteiger partial charge is 0.340 e. The SMILES string of the molecule is CCCCOCCOc1cnc2ccccc2c1C(=O)O. The molecule has 0 fully saturated rings. The molecule has 0 amide bonds. The molecule has 1 aromatic carbocycles. The lowest BCUT2D eigenvalue weighted by Crippen LogP contribution is -2.11. The number of hydrogen-bond acceptors (Lipinski definition) is 4. The molecular formula is C16H19NO4. The standard InChI is InChI=1S/C16H19NO4/c1-2-3-8-20-9-10-21-14-11-17-13-7-5-4-6-12(13)15(14)16(18)19/h4-7,11H,2-3,8-10H2,1H3,(H,18,19). The van der Waals surface area contributed by atoms with Gasteiger partial charge in [0.25, 0.3) is 0 Å². The molecule has 112 valence electrons. The maximum Gasteiger partial charge on any atom is 0.340 e. The van der Waals surface area contributed by atoms with Gasteiger partial charge in [0.05, 0.1) is 18.3 Å². The van der Waals surface area contributed by atoms with Crippen LogP contribution in [0.4, 0.5) is 0 Å². The Hall–Kier alpha value is -2.14. The van der Waals surface area contributed by atoms with Gasteiger partial charge in [0.15, 0.2) is 5.75 Å². The van der Waals surface area contributed by atoms with Gasteiger partial charge in [-0.2, -0.15) is 0 Å². The molecule has 2 rings (SSSR count). The number of carboxylic acid groups (broad SMARTS) is 1. The number of unbranched alkanes of at least 4 members (excludes halogenated alkanes) is 1. The number of ether oxygens (including phenoxy) is 2. The summed E-state index contributed by atoms with van der Waals surface area (Å²) in [6, 6.07) is 7.12. The van der Waals surface area contributed by atoms with Crippen molar-refractivity contribution in [2.24, 2.45) is 0 Å². The third kappa shape index (κ3) is 3.92. The molecule has 2 aromatic rings. The molecule has 0 aliphatic carbocycles. The van der Waals surface area contributed by atoms with Crippen molar-refractivity contribution < 1.29 is 19.4 Å². The van der Waals surface area contributed by atoms with E-state index >= 15 is 0 Å². The summed E-state index contributed by atoms with van der Waals surface area (Å²) in [6.45, 7) is 3.54. The Morgan fingerprint density at radius 1 is 1.24 bits per heavy atom. The molecule has 0 radical (unpaired) electrons. The molecule has 0 saturated carbocycles. The van der Waals surface area contributed by atoms with Crippen LogP contribution in [0.2, 0.25) is 0 Å². The van der Waals surface area contributed by atoms with Crippen molar-refractivity contribution in [1.29, 1.82) is 0 Å². The van der Waals surface area contributed by atoms with Crippen LogP contribution >= 0.6 is 0 Å². The maximum atomic E-state index is 11.5. The van der Waals surface area contributed by atoms with E-state index in [2.05, 4.69) is 11.9 Å². The van der Waals surface area contributed by atoms with Crippen molar-refractivity contribution in [3.8, 4) is 5.75 Å². The molecule has 1 aromatic heterocycles. The van der Waals surface area contributed by atoms with Gasteiger partial charge in [-0.15, -0.1) is 0 Å². The van der Waals surface area contributed by atoms with E-state index in [1.54, 1.807) is 18.2 Å². The number of hydrogen-bond donors (Lipinski definition) is 1. The van der Waals surface area contributed by atoms with E-state index < -0.39 is 5.97 Å². The lowest BCUT2D eigenvalue weighted by Gasteiger charge is -2.11. The average Bonchev–Trinajstić information content (AvgIpc) is 2.50. The third-order valence-corrected chi connectivity index (χ3v) is 3.08. The third-order valence-electron chi connectivity index (χ3n) is 3.08. The summed E-state index contributed by atoms with van der Waals surface area (Å²) in [6.07, 6.45) is 3.55. The van der Waals surface area contributed by atoms with Gasteiger partial charge >= 0.3 is 5.97 Å². The summed E-state index contributed by atoms with van der Waals surface area (Å²) in [4.78, 5) is 15.7. The molecule has 21 heavy (non-hydrogen) atoms. The Morgan fingerprint density at radius 2 is 2.05 bits per heavy atom. The van der Waals surface area contributed by atoms with E-state index in [0.717, 1.165) is 12.8 Å². The zero-order valence-electron chi connectivity index (χ0n) is 12.0. The number of fused-ring (bicyclic) bond motifs is 1. The van der Waals surface area contributed by atoms with Crippen molar-refractivity contribution in [3.05, 3.63) is 36.0 Å². The predicted molar refractivity (Wildman–Crippen MR) is 79.9 cm³/mol. The van der Waals surface area contributed by atoms with Gasteiger partial charge in [-0.1, -0.05) is 31.5 Å². The quantitative estimate of drug-likeness (QED) is 0.756. The lowest BCUT2D eigenvalue weighted by atomic mass is 10.1. The fourth-order valence-electron chi connectivity index (χ4n) is 2.01. The molecular weight excluding hydrogens is 270 g/mol. The number of rotatable bonds is 8. The molecule has 0 unspecified atom stereocenters. The number of para-hydroxylation sites is 1. The van der Waals surface area contributed by atoms with Crippen molar-refractivity contribution in [1.82, 2.24) is 4.98 Å². The molecule has 0 spiro atoms. The number of aromatic nitrogens is 1. The molecule has 0 saturated heterocycles. The highest BCUT2D eigenvalue weighted by Crippen LogP contribution is 2.26. The van der Waals surface area contributed by atoms with Gasteiger partial charge in [-0.25, -0.2) is 4.79 Å². The van der Waals surface area contributed by atoms with Crippen LogP contribution in [0.1, 0.15) is 30.1 Å². The minimum absolute atomic E-state index is 0.147. The van der Waals surface area contributed by atoms with Crippen molar-refractivity contribution >= 4 is 16.9 Å². The highest BCUT2D eigenvalue weighted by molar-refractivity contribution is 6.04. The first-order chi connectivity index (χ1) is 10.2. The van der Waals surface area contributed by atoms with Crippen LogP contribution in [0.3, 0.4) is 0 Å². The number of benzene rings is 1. The highest BCUT2D eigenvalue weighted by Gasteiger charge is 2.16. The molecule has 5 nitrogen and oxygen atoms in total. The summed E-state index contributed by atoms with van der Waals surface area (Å²) in [5, 5.41) is 9.98. The van der Waals surface area contributed by atoms with Crippen LogP contribution in [0.25, 0.3) is 10.9 Å². The van der Waals surface area contributed by atoms with Gasteiger partial charge in [-0.3, -0.25) is 4.98 Å². The molecule has 0 aliphatic rings. The van der Waals surface area contributed by atoms with Gasteiger partial charge in [0.2, 0.25) is 0 Å². The number of nitrogens with zero attached hydrogens (tertiary/aromatic N) is 1. The largest absolute Gasteiger partial charge is 0.489 e. The van der Waals surface area contributed by atoms with Crippen LogP contribution in [0.5, 0.6) is 5.75 Å². The second kappa shape index (κ2) is 7.59. The monoisotopic (exact) mass is 289 g/mol. The van der Waals surface area contributed by atoms with E-state index in [4.69, 9.17) is 9.47 Å². The zero-order valence-corrected chi connectivity index (χ0v) is 12.0. The Kier molecular flexibility index (Phi) is 5.51. The summed E-state index contributed by atoms with van der Waals surface area (Å²) in [5.41, 5.74) is 0.788. The Balaban J connectivity index is 2.09. The van der Waals surface area contributed by atoms with Crippen LogP contribution in [-0.4, -0.2) is 35.9 Å². The molecule has 0 bridgehead atoms. The summed E-state index contributed by atoms with van der Waals surface area (Å²) < 4.78 is 10.9. The second-order valence-electron chi connectivity index (χ2n) is 4.63. The Labute approximate surface area is 123 Å².